The monoisotopic (exact) mass is 248 g/mol. The van der Waals surface area contributed by atoms with Gasteiger partial charge in [-0.05, 0) is 62.0 Å². The molecule has 18 heavy (non-hydrogen) atoms. The van der Waals surface area contributed by atoms with Crippen LogP contribution in [0.5, 0.6) is 0 Å². The van der Waals surface area contributed by atoms with Gasteiger partial charge in [-0.25, -0.2) is 4.39 Å². The Morgan fingerprint density at radius 3 is 2.78 bits per heavy atom. The Morgan fingerprint density at radius 1 is 1.33 bits per heavy atom. The minimum absolute atomic E-state index is 0.153. The first-order valence-corrected chi connectivity index (χ1v) is 7.44. The van der Waals surface area contributed by atoms with Crippen LogP contribution < -0.4 is 0 Å². The molecule has 0 spiro atoms. The Morgan fingerprint density at radius 2 is 2.17 bits per heavy atom. The third-order valence-corrected chi connectivity index (χ3v) is 4.43. The Hall–Kier alpha value is -0.850. The van der Waals surface area contributed by atoms with Crippen molar-refractivity contribution >= 4 is 0 Å². The molecular formula is C17H25F. The summed E-state index contributed by atoms with van der Waals surface area (Å²) in [4.78, 5) is 0. The average Bonchev–Trinajstić information content (AvgIpc) is 2.42. The van der Waals surface area contributed by atoms with Gasteiger partial charge >= 0.3 is 0 Å². The van der Waals surface area contributed by atoms with E-state index in [-0.39, 0.29) is 11.7 Å². The minimum Gasteiger partial charge on any atom is -0.212 e. The van der Waals surface area contributed by atoms with Crippen LogP contribution in [-0.4, -0.2) is 0 Å². The topological polar surface area (TPSA) is 0 Å². The van der Waals surface area contributed by atoms with Gasteiger partial charge in [0.25, 0.3) is 0 Å². The second-order valence-corrected chi connectivity index (χ2v) is 5.81. The highest BCUT2D eigenvalue weighted by molar-refractivity contribution is 5.24. The standard InChI is InChI=1S/C17H25F/c1-3-14-9-10-16(17(18)12-14)11-13(2)15-7-5-4-6-8-15/h5,7-8,12-14,16H,3-4,6,9-11H2,1-2H3/t13-,14?,16?/m0/s1. The average molecular weight is 248 g/mol. The second kappa shape index (κ2) is 6.36. The molecule has 0 aromatic heterocycles. The fourth-order valence-corrected chi connectivity index (χ4v) is 3.11. The first kappa shape index (κ1) is 13.6. The molecule has 0 aromatic carbocycles. The van der Waals surface area contributed by atoms with Crippen molar-refractivity contribution < 1.29 is 4.39 Å². The van der Waals surface area contributed by atoms with Crippen molar-refractivity contribution in [2.24, 2.45) is 17.8 Å². The van der Waals surface area contributed by atoms with Crippen molar-refractivity contribution in [3.8, 4) is 0 Å². The summed E-state index contributed by atoms with van der Waals surface area (Å²) < 4.78 is 14.0. The molecule has 0 aromatic rings. The number of halogens is 1. The Kier molecular flexibility index (Phi) is 4.79. The minimum atomic E-state index is 0.153. The highest BCUT2D eigenvalue weighted by Crippen LogP contribution is 2.36. The molecule has 2 unspecified atom stereocenters. The largest absolute Gasteiger partial charge is 0.212 e. The van der Waals surface area contributed by atoms with E-state index >= 15 is 0 Å². The van der Waals surface area contributed by atoms with Gasteiger partial charge in [-0.2, -0.15) is 0 Å². The third kappa shape index (κ3) is 3.34. The molecule has 0 saturated carbocycles. The summed E-state index contributed by atoms with van der Waals surface area (Å²) in [5.41, 5.74) is 1.41. The molecule has 0 heterocycles. The molecule has 3 atom stereocenters. The van der Waals surface area contributed by atoms with E-state index in [0.29, 0.717) is 11.8 Å². The fraction of sp³-hybridized carbons (Fsp3) is 0.647. The summed E-state index contributed by atoms with van der Waals surface area (Å²) >= 11 is 0. The van der Waals surface area contributed by atoms with Gasteiger partial charge in [-0.1, -0.05) is 32.1 Å². The summed E-state index contributed by atoms with van der Waals surface area (Å²) in [5, 5.41) is 0. The summed E-state index contributed by atoms with van der Waals surface area (Å²) in [6.07, 6.45) is 15.2. The van der Waals surface area contributed by atoms with Gasteiger partial charge in [0.2, 0.25) is 0 Å². The van der Waals surface area contributed by atoms with E-state index in [1.165, 1.54) is 5.57 Å². The third-order valence-electron chi connectivity index (χ3n) is 4.43. The normalized spacial score (nSPS) is 29.7. The van der Waals surface area contributed by atoms with E-state index in [2.05, 4.69) is 32.1 Å². The van der Waals surface area contributed by atoms with Crippen LogP contribution >= 0.6 is 0 Å². The van der Waals surface area contributed by atoms with Crippen molar-refractivity contribution in [3.05, 3.63) is 35.7 Å². The van der Waals surface area contributed by atoms with Gasteiger partial charge in [-0.15, -0.1) is 0 Å². The SMILES string of the molecule is CCC1C=C(F)C(C[C@H](C)C2=CCCC=C2)CC1. The molecule has 2 aliphatic carbocycles. The molecule has 0 nitrogen and oxygen atoms in total. The molecule has 0 fully saturated rings. The van der Waals surface area contributed by atoms with Crippen LogP contribution in [0.1, 0.15) is 52.4 Å². The Bertz CT molecular complexity index is 362. The lowest BCUT2D eigenvalue weighted by Crippen LogP contribution is -2.15. The number of hydrogen-bond acceptors (Lipinski definition) is 0. The van der Waals surface area contributed by atoms with Gasteiger partial charge in [0.05, 0.1) is 5.83 Å². The van der Waals surface area contributed by atoms with Crippen molar-refractivity contribution in [3.63, 3.8) is 0 Å². The second-order valence-electron chi connectivity index (χ2n) is 5.81. The highest BCUT2D eigenvalue weighted by atomic mass is 19.1. The van der Waals surface area contributed by atoms with Gasteiger partial charge in [0, 0.05) is 5.92 Å². The summed E-state index contributed by atoms with van der Waals surface area (Å²) in [6, 6.07) is 0. The highest BCUT2D eigenvalue weighted by Gasteiger charge is 2.24. The Labute approximate surface area is 111 Å². The zero-order valence-corrected chi connectivity index (χ0v) is 11.7. The molecule has 0 radical (unpaired) electrons. The predicted octanol–water partition coefficient (Wildman–Crippen LogP) is 5.58. The van der Waals surface area contributed by atoms with Crippen LogP contribution in [0.3, 0.4) is 0 Å². The van der Waals surface area contributed by atoms with Gasteiger partial charge < -0.3 is 0 Å². The fourth-order valence-electron chi connectivity index (χ4n) is 3.11. The van der Waals surface area contributed by atoms with Crippen molar-refractivity contribution in [2.45, 2.75) is 52.4 Å². The molecule has 0 N–H and O–H groups in total. The summed E-state index contributed by atoms with van der Waals surface area (Å²) in [7, 11) is 0. The van der Waals surface area contributed by atoms with E-state index in [9.17, 15) is 4.39 Å². The van der Waals surface area contributed by atoms with Crippen LogP contribution in [0, 0.1) is 17.8 Å². The lowest BCUT2D eigenvalue weighted by atomic mass is 9.79. The molecule has 100 valence electrons. The molecule has 2 rings (SSSR count). The zero-order chi connectivity index (χ0) is 13.0. The zero-order valence-electron chi connectivity index (χ0n) is 11.7. The van der Waals surface area contributed by atoms with Crippen LogP contribution in [0.2, 0.25) is 0 Å². The first-order valence-electron chi connectivity index (χ1n) is 7.44. The quantitative estimate of drug-likeness (QED) is 0.609. The number of hydrogen-bond donors (Lipinski definition) is 0. The van der Waals surface area contributed by atoms with Gasteiger partial charge in [0.1, 0.15) is 0 Å². The van der Waals surface area contributed by atoms with E-state index in [0.717, 1.165) is 38.5 Å². The van der Waals surface area contributed by atoms with Gasteiger partial charge in [-0.3, -0.25) is 0 Å². The lowest BCUT2D eigenvalue weighted by molar-refractivity contribution is 0.322. The number of allylic oxidation sites excluding steroid dienone is 6. The maximum Gasteiger partial charge on any atom is 0.0993 e. The van der Waals surface area contributed by atoms with Gasteiger partial charge in [0.15, 0.2) is 0 Å². The molecule has 1 heteroatoms. The molecular weight excluding hydrogens is 223 g/mol. The molecule has 2 aliphatic rings. The summed E-state index contributed by atoms with van der Waals surface area (Å²) in [5.74, 6) is 1.29. The lowest BCUT2D eigenvalue weighted by Gasteiger charge is -2.27. The Balaban J connectivity index is 1.93. The van der Waals surface area contributed by atoms with E-state index in [1.54, 1.807) is 0 Å². The number of rotatable bonds is 4. The first-order chi connectivity index (χ1) is 8.70. The van der Waals surface area contributed by atoms with E-state index in [4.69, 9.17) is 0 Å². The predicted molar refractivity (Wildman–Crippen MR) is 75.9 cm³/mol. The van der Waals surface area contributed by atoms with Crippen LogP contribution in [-0.2, 0) is 0 Å². The van der Waals surface area contributed by atoms with Crippen LogP contribution in [0.4, 0.5) is 4.39 Å². The van der Waals surface area contributed by atoms with Crippen molar-refractivity contribution in [1.82, 2.24) is 0 Å². The van der Waals surface area contributed by atoms with Crippen molar-refractivity contribution in [2.75, 3.05) is 0 Å². The molecule has 0 amide bonds. The van der Waals surface area contributed by atoms with Crippen LogP contribution in [0.15, 0.2) is 35.7 Å². The van der Waals surface area contributed by atoms with E-state index < -0.39 is 0 Å². The maximum atomic E-state index is 14.0. The molecule has 0 bridgehead atoms. The van der Waals surface area contributed by atoms with Crippen molar-refractivity contribution in [1.29, 1.82) is 0 Å². The maximum absolute atomic E-state index is 14.0. The molecule has 0 aliphatic heterocycles. The molecule has 0 saturated heterocycles. The summed E-state index contributed by atoms with van der Waals surface area (Å²) in [6.45, 7) is 4.38. The van der Waals surface area contributed by atoms with E-state index in [1.807, 2.05) is 6.08 Å². The smallest absolute Gasteiger partial charge is 0.0993 e. The van der Waals surface area contributed by atoms with Crippen LogP contribution in [0.25, 0.3) is 0 Å².